The van der Waals surface area contributed by atoms with Gasteiger partial charge in [-0.2, -0.15) is 0 Å². The van der Waals surface area contributed by atoms with Gasteiger partial charge in [-0.1, -0.05) is 37.0 Å². The monoisotopic (exact) mass is 520 g/mol. The van der Waals surface area contributed by atoms with Crippen LogP contribution in [-0.2, 0) is 19.5 Å². The van der Waals surface area contributed by atoms with Crippen LogP contribution in [0.15, 0.2) is 23.7 Å². The number of nitrogens with two attached hydrogens (primary N) is 1. The third-order valence-electron chi connectivity index (χ3n) is 5.71. The Hall–Kier alpha value is -2.62. The molecule has 0 saturated heterocycles. The number of ether oxygens (including phenoxy) is 1. The van der Waals surface area contributed by atoms with E-state index in [0.29, 0.717) is 58.9 Å². The molecule has 4 rings (SSSR count). The van der Waals surface area contributed by atoms with Crippen molar-refractivity contribution in [3.05, 3.63) is 50.0 Å². The number of hydrogen-bond acceptors (Lipinski definition) is 7. The molecule has 2 aromatic heterocycles. The predicted molar refractivity (Wildman–Crippen MR) is 135 cm³/mol. The van der Waals surface area contributed by atoms with Gasteiger partial charge in [-0.15, -0.1) is 11.3 Å². The summed E-state index contributed by atoms with van der Waals surface area (Å²) >= 11 is 14.5. The molecule has 0 fully saturated rings. The molecule has 1 aliphatic heterocycles. The lowest BCUT2D eigenvalue weighted by Gasteiger charge is -2.21. The Morgan fingerprint density at radius 2 is 2.06 bits per heavy atom. The summed E-state index contributed by atoms with van der Waals surface area (Å²) in [6.07, 6.45) is 4.14. The smallest absolute Gasteiger partial charge is 0.318 e. The number of hydrogen-bond donors (Lipinski definition) is 2. The zero-order valence-electron chi connectivity index (χ0n) is 19.0. The molecule has 0 unspecified atom stereocenters. The Kier molecular flexibility index (Phi) is 7.75. The lowest BCUT2D eigenvalue weighted by atomic mass is 10.0. The molecule has 3 aromatic rings. The third-order valence-corrected chi connectivity index (χ3v) is 7.07. The van der Waals surface area contributed by atoms with Gasteiger partial charge in [0.05, 0.1) is 46.7 Å². The minimum Gasteiger partial charge on any atom is -0.492 e. The molecule has 11 heteroatoms. The highest BCUT2D eigenvalue weighted by atomic mass is 35.5. The van der Waals surface area contributed by atoms with E-state index >= 15 is 0 Å². The van der Waals surface area contributed by atoms with Crippen LogP contribution >= 0.6 is 34.5 Å². The van der Waals surface area contributed by atoms with E-state index in [4.69, 9.17) is 33.7 Å². The molecule has 0 aliphatic carbocycles. The van der Waals surface area contributed by atoms with Crippen molar-refractivity contribution in [1.29, 1.82) is 0 Å². The van der Waals surface area contributed by atoms with Crippen molar-refractivity contribution >= 4 is 46.5 Å². The van der Waals surface area contributed by atoms with Crippen LogP contribution in [0.5, 0.6) is 5.75 Å². The summed E-state index contributed by atoms with van der Waals surface area (Å²) in [7, 11) is 0. The quantitative estimate of drug-likeness (QED) is 0.415. The first kappa shape index (κ1) is 24.5. The van der Waals surface area contributed by atoms with Crippen molar-refractivity contribution < 1.29 is 9.53 Å². The zero-order chi connectivity index (χ0) is 24.2. The van der Waals surface area contributed by atoms with Gasteiger partial charge < -0.3 is 20.7 Å². The second kappa shape index (κ2) is 10.8. The number of carbonyl (C=O) groups is 1. The molecular weight excluding hydrogens is 495 g/mol. The van der Waals surface area contributed by atoms with E-state index < -0.39 is 0 Å². The lowest BCUT2D eigenvalue weighted by molar-refractivity contribution is 0.193. The standard InChI is InChI=1S/C23H26Cl2N6O2S/c1-3-14(4-2)28-23(32)31-11-15-17(12-31)29-22(26)30-21(15)20-16(25)9-13(24)10-18(20)33-7-5-19-27-6-8-34-19/h6,8-10,14H,3-5,7,11-12H2,1-2H3,(H,28,32)(H2,26,29,30). The Morgan fingerprint density at radius 1 is 1.26 bits per heavy atom. The van der Waals surface area contributed by atoms with Gasteiger partial charge >= 0.3 is 6.03 Å². The van der Waals surface area contributed by atoms with Crippen molar-refractivity contribution in [2.45, 2.75) is 52.2 Å². The number of thiazole rings is 1. The van der Waals surface area contributed by atoms with Crippen LogP contribution in [-0.4, -0.2) is 38.5 Å². The second-order valence-corrected chi connectivity index (χ2v) is 9.78. The predicted octanol–water partition coefficient (Wildman–Crippen LogP) is 5.32. The van der Waals surface area contributed by atoms with E-state index in [1.165, 1.54) is 0 Å². The van der Waals surface area contributed by atoms with Gasteiger partial charge in [0.25, 0.3) is 0 Å². The van der Waals surface area contributed by atoms with E-state index in [0.717, 1.165) is 23.4 Å². The molecular formula is C23H26Cl2N6O2S. The number of benzene rings is 1. The first-order chi connectivity index (χ1) is 16.4. The van der Waals surface area contributed by atoms with Crippen molar-refractivity contribution in [3.63, 3.8) is 0 Å². The molecule has 0 radical (unpaired) electrons. The van der Waals surface area contributed by atoms with E-state index in [9.17, 15) is 4.79 Å². The average Bonchev–Trinajstić information content (AvgIpc) is 3.46. The third kappa shape index (κ3) is 5.37. The zero-order valence-corrected chi connectivity index (χ0v) is 21.3. The summed E-state index contributed by atoms with van der Waals surface area (Å²) in [6, 6.07) is 3.33. The Balaban J connectivity index is 1.64. The summed E-state index contributed by atoms with van der Waals surface area (Å²) in [4.78, 5) is 27.8. The number of amides is 2. The SMILES string of the molecule is CCC(CC)NC(=O)N1Cc2nc(N)nc(-c3c(Cl)cc(Cl)cc3OCCc3nccs3)c2C1. The summed E-state index contributed by atoms with van der Waals surface area (Å²) in [6.45, 7) is 5.18. The van der Waals surface area contributed by atoms with Crippen LogP contribution in [0.3, 0.4) is 0 Å². The minimum atomic E-state index is -0.140. The van der Waals surface area contributed by atoms with Gasteiger partial charge in [0, 0.05) is 34.6 Å². The highest BCUT2D eigenvalue weighted by molar-refractivity contribution is 7.09. The molecule has 0 spiro atoms. The number of nitrogens with one attached hydrogen (secondary N) is 1. The molecule has 3 N–H and O–H groups in total. The van der Waals surface area contributed by atoms with Crippen LogP contribution in [0.25, 0.3) is 11.3 Å². The number of nitrogens with zero attached hydrogens (tertiary/aromatic N) is 4. The maximum absolute atomic E-state index is 12.9. The van der Waals surface area contributed by atoms with E-state index in [2.05, 4.69) is 34.1 Å². The van der Waals surface area contributed by atoms with E-state index in [1.807, 2.05) is 5.38 Å². The molecule has 8 nitrogen and oxygen atoms in total. The summed E-state index contributed by atoms with van der Waals surface area (Å²) in [5, 5.41) is 6.80. The van der Waals surface area contributed by atoms with Crippen molar-refractivity contribution in [1.82, 2.24) is 25.2 Å². The Bertz CT molecular complexity index is 1170. The number of aromatic nitrogens is 3. The number of halogens is 2. The first-order valence-corrected chi connectivity index (χ1v) is 12.7. The molecule has 3 heterocycles. The lowest BCUT2D eigenvalue weighted by Crippen LogP contribution is -2.42. The first-order valence-electron chi connectivity index (χ1n) is 11.1. The summed E-state index contributed by atoms with van der Waals surface area (Å²) < 4.78 is 6.09. The fourth-order valence-corrected chi connectivity index (χ4v) is 5.07. The topological polar surface area (TPSA) is 106 Å². The molecule has 180 valence electrons. The molecule has 0 bridgehead atoms. The molecule has 34 heavy (non-hydrogen) atoms. The highest BCUT2D eigenvalue weighted by Gasteiger charge is 2.31. The minimum absolute atomic E-state index is 0.107. The van der Waals surface area contributed by atoms with Gasteiger partial charge in [-0.25, -0.2) is 19.7 Å². The molecule has 2 amide bonds. The molecule has 0 saturated carbocycles. The van der Waals surface area contributed by atoms with Crippen molar-refractivity contribution in [3.8, 4) is 17.0 Å². The maximum Gasteiger partial charge on any atom is 0.318 e. The summed E-state index contributed by atoms with van der Waals surface area (Å²) in [5.74, 6) is 0.602. The van der Waals surface area contributed by atoms with Crippen LogP contribution in [0.2, 0.25) is 10.0 Å². The molecule has 1 aromatic carbocycles. The van der Waals surface area contributed by atoms with Crippen molar-refractivity contribution in [2.75, 3.05) is 12.3 Å². The average molecular weight is 521 g/mol. The second-order valence-electron chi connectivity index (χ2n) is 7.96. The van der Waals surface area contributed by atoms with Gasteiger partial charge in [0.1, 0.15) is 5.75 Å². The molecule has 1 aliphatic rings. The largest absolute Gasteiger partial charge is 0.492 e. The number of fused-ring (bicyclic) bond motifs is 1. The highest BCUT2D eigenvalue weighted by Crippen LogP contribution is 2.42. The van der Waals surface area contributed by atoms with Gasteiger partial charge in [0.15, 0.2) is 0 Å². The van der Waals surface area contributed by atoms with E-state index in [-0.39, 0.29) is 18.0 Å². The number of anilines is 1. The van der Waals surface area contributed by atoms with Gasteiger partial charge in [0.2, 0.25) is 5.95 Å². The Labute approximate surface area is 212 Å². The van der Waals surface area contributed by atoms with Crippen LogP contribution in [0.1, 0.15) is 43.0 Å². The van der Waals surface area contributed by atoms with Crippen LogP contribution < -0.4 is 15.8 Å². The number of carbonyl (C=O) groups excluding carboxylic acids is 1. The number of nitrogen functional groups attached to an aromatic ring is 1. The maximum atomic E-state index is 12.9. The van der Waals surface area contributed by atoms with Crippen molar-refractivity contribution in [2.24, 2.45) is 0 Å². The fourth-order valence-electron chi connectivity index (χ4n) is 3.90. The Morgan fingerprint density at radius 3 is 2.76 bits per heavy atom. The fraction of sp³-hybridized carbons (Fsp3) is 0.391. The van der Waals surface area contributed by atoms with Gasteiger partial charge in [-0.05, 0) is 25.0 Å². The number of urea groups is 1. The number of rotatable bonds is 8. The normalized spacial score (nSPS) is 12.8. The summed E-state index contributed by atoms with van der Waals surface area (Å²) in [5.41, 5.74) is 8.67. The van der Waals surface area contributed by atoms with Gasteiger partial charge in [-0.3, -0.25) is 0 Å². The molecule has 0 atom stereocenters. The van der Waals surface area contributed by atoms with E-state index in [1.54, 1.807) is 34.6 Å². The van der Waals surface area contributed by atoms with Crippen LogP contribution in [0.4, 0.5) is 10.7 Å². The van der Waals surface area contributed by atoms with Crippen LogP contribution in [0, 0.1) is 0 Å².